The van der Waals surface area contributed by atoms with Crippen LogP contribution < -0.4 is 5.56 Å². The molecule has 2 aromatic carbocycles. The first-order valence-electron chi connectivity index (χ1n) is 8.17. The van der Waals surface area contributed by atoms with Gasteiger partial charge in [-0.1, -0.05) is 41.9 Å². The van der Waals surface area contributed by atoms with Gasteiger partial charge in [0.05, 0.1) is 22.0 Å². The van der Waals surface area contributed by atoms with Crippen LogP contribution in [0.2, 0.25) is 5.02 Å². The highest BCUT2D eigenvalue weighted by Crippen LogP contribution is 2.30. The molecule has 27 heavy (non-hydrogen) atoms. The number of nitrogens with one attached hydrogen (secondary N) is 1. The van der Waals surface area contributed by atoms with Crippen LogP contribution in [0.5, 0.6) is 0 Å². The van der Waals surface area contributed by atoms with Crippen molar-refractivity contribution in [1.82, 2.24) is 14.6 Å². The third-order valence-corrected chi connectivity index (χ3v) is 4.73. The van der Waals surface area contributed by atoms with Crippen LogP contribution in [-0.2, 0) is 0 Å². The summed E-state index contributed by atoms with van der Waals surface area (Å²) in [7, 11) is 0. The summed E-state index contributed by atoms with van der Waals surface area (Å²) in [5, 5.41) is 14.1. The summed E-state index contributed by atoms with van der Waals surface area (Å²) < 4.78 is 1.29. The molecule has 6 nitrogen and oxygen atoms in total. The molecular formula is C20H14ClN3O3. The second-order valence-corrected chi connectivity index (χ2v) is 6.53. The number of aromatic carboxylic acids is 1. The molecule has 4 rings (SSSR count). The highest BCUT2D eigenvalue weighted by molar-refractivity contribution is 6.33. The Balaban J connectivity index is 1.94. The van der Waals surface area contributed by atoms with Crippen LogP contribution >= 0.6 is 11.6 Å². The van der Waals surface area contributed by atoms with Crippen molar-refractivity contribution in [2.75, 3.05) is 0 Å². The number of H-pyrrole nitrogens is 1. The normalized spacial score (nSPS) is 11.0. The van der Waals surface area contributed by atoms with Crippen molar-refractivity contribution in [1.29, 1.82) is 0 Å². The number of fused-ring (bicyclic) bond motifs is 1. The Morgan fingerprint density at radius 3 is 2.67 bits per heavy atom. The first kappa shape index (κ1) is 17.1. The molecule has 0 radical (unpaired) electrons. The number of carboxylic acid groups (broad SMARTS) is 1. The number of hydrogen-bond acceptors (Lipinski definition) is 3. The quantitative estimate of drug-likeness (QED) is 0.563. The second kappa shape index (κ2) is 6.41. The van der Waals surface area contributed by atoms with E-state index in [0.717, 1.165) is 11.1 Å². The number of halogens is 1. The Morgan fingerprint density at radius 1 is 1.15 bits per heavy atom. The average Bonchev–Trinajstić information content (AvgIpc) is 2.99. The zero-order valence-electron chi connectivity index (χ0n) is 14.2. The molecule has 4 aromatic rings. The van der Waals surface area contributed by atoms with Gasteiger partial charge in [0.25, 0.3) is 5.56 Å². The fraction of sp³-hybridized carbons (Fsp3) is 0.0500. The van der Waals surface area contributed by atoms with Crippen molar-refractivity contribution in [3.63, 3.8) is 0 Å². The summed E-state index contributed by atoms with van der Waals surface area (Å²) >= 11 is 6.28. The van der Waals surface area contributed by atoms with Gasteiger partial charge in [0.15, 0.2) is 0 Å². The van der Waals surface area contributed by atoms with Crippen molar-refractivity contribution in [3.05, 3.63) is 81.1 Å². The van der Waals surface area contributed by atoms with E-state index in [1.165, 1.54) is 22.7 Å². The smallest absolute Gasteiger partial charge is 0.335 e. The highest BCUT2D eigenvalue weighted by Gasteiger charge is 2.16. The van der Waals surface area contributed by atoms with E-state index in [2.05, 4.69) is 10.1 Å². The summed E-state index contributed by atoms with van der Waals surface area (Å²) in [5.41, 5.74) is 3.62. The molecule has 0 spiro atoms. The predicted molar refractivity (Wildman–Crippen MR) is 103 cm³/mol. The third-order valence-electron chi connectivity index (χ3n) is 4.40. The number of nitrogens with zero attached hydrogens (tertiary/aromatic N) is 2. The lowest BCUT2D eigenvalue weighted by atomic mass is 10.1. The van der Waals surface area contributed by atoms with E-state index in [0.29, 0.717) is 27.6 Å². The number of carboxylic acids is 1. The first-order chi connectivity index (χ1) is 13.0. The first-order valence-corrected chi connectivity index (χ1v) is 8.55. The Bertz CT molecular complexity index is 1260. The molecular weight excluding hydrogens is 366 g/mol. The highest BCUT2D eigenvalue weighted by atomic mass is 35.5. The Labute approximate surface area is 158 Å². The van der Waals surface area contributed by atoms with Crippen molar-refractivity contribution in [2.24, 2.45) is 0 Å². The lowest BCUT2D eigenvalue weighted by Gasteiger charge is -2.04. The van der Waals surface area contributed by atoms with Crippen molar-refractivity contribution < 1.29 is 9.90 Å². The average molecular weight is 380 g/mol. The van der Waals surface area contributed by atoms with Gasteiger partial charge in [-0.2, -0.15) is 9.61 Å². The summed E-state index contributed by atoms with van der Waals surface area (Å²) in [6.07, 6.45) is 0. The van der Waals surface area contributed by atoms with E-state index in [1.54, 1.807) is 18.2 Å². The van der Waals surface area contributed by atoms with Crippen LogP contribution in [-0.4, -0.2) is 25.7 Å². The third kappa shape index (κ3) is 2.90. The number of aromatic amines is 1. The van der Waals surface area contributed by atoms with Crippen molar-refractivity contribution >= 4 is 23.2 Å². The lowest BCUT2D eigenvalue weighted by molar-refractivity contribution is 0.0697. The van der Waals surface area contributed by atoms with Gasteiger partial charge in [-0.15, -0.1) is 0 Å². The van der Waals surface area contributed by atoms with E-state index in [-0.39, 0.29) is 11.1 Å². The van der Waals surface area contributed by atoms with Crippen LogP contribution in [0.25, 0.3) is 28.2 Å². The fourth-order valence-electron chi connectivity index (χ4n) is 3.03. The monoisotopic (exact) mass is 379 g/mol. The standard InChI is InChI=1S/C20H14ClN3O3/c1-11-18(14-7-2-3-8-15(14)21)23-24-17(25)10-16(22-19(11)24)12-5-4-6-13(9-12)20(26)27/h2-10,22H,1H3,(H,26,27). The number of carbonyl (C=O) groups is 1. The molecule has 0 aliphatic rings. The van der Waals surface area contributed by atoms with E-state index in [1.807, 2.05) is 25.1 Å². The minimum atomic E-state index is -1.03. The largest absolute Gasteiger partial charge is 0.478 e. The molecule has 0 fully saturated rings. The molecule has 2 aromatic heterocycles. The van der Waals surface area contributed by atoms with E-state index in [9.17, 15) is 14.7 Å². The Morgan fingerprint density at radius 2 is 1.93 bits per heavy atom. The maximum Gasteiger partial charge on any atom is 0.335 e. The summed E-state index contributed by atoms with van der Waals surface area (Å²) in [5.74, 6) is -1.03. The molecule has 0 saturated carbocycles. The summed E-state index contributed by atoms with van der Waals surface area (Å²) in [6, 6.07) is 15.1. The maximum atomic E-state index is 12.6. The minimum Gasteiger partial charge on any atom is -0.478 e. The molecule has 7 heteroatoms. The van der Waals surface area contributed by atoms with Gasteiger partial charge in [0.1, 0.15) is 5.65 Å². The number of aromatic nitrogens is 3. The number of rotatable bonds is 3. The van der Waals surface area contributed by atoms with Crippen LogP contribution in [0.1, 0.15) is 15.9 Å². The number of benzene rings is 2. The minimum absolute atomic E-state index is 0.148. The SMILES string of the molecule is Cc1c(-c2ccccc2Cl)nn2c(=O)cc(-c3cccc(C(=O)O)c3)[nH]c12. The topological polar surface area (TPSA) is 87.5 Å². The molecule has 0 saturated heterocycles. The van der Waals surface area contributed by atoms with Crippen molar-refractivity contribution in [2.45, 2.75) is 6.92 Å². The van der Waals surface area contributed by atoms with Gasteiger partial charge in [-0.3, -0.25) is 4.79 Å². The van der Waals surface area contributed by atoms with Gasteiger partial charge in [0, 0.05) is 17.2 Å². The zero-order chi connectivity index (χ0) is 19.1. The second-order valence-electron chi connectivity index (χ2n) is 6.12. The fourth-order valence-corrected chi connectivity index (χ4v) is 3.26. The van der Waals surface area contributed by atoms with Gasteiger partial charge >= 0.3 is 5.97 Å². The Hall–Kier alpha value is -3.38. The van der Waals surface area contributed by atoms with Crippen LogP contribution in [0.4, 0.5) is 0 Å². The summed E-state index contributed by atoms with van der Waals surface area (Å²) in [4.78, 5) is 27.0. The molecule has 2 heterocycles. The molecule has 0 amide bonds. The molecule has 0 bridgehead atoms. The maximum absolute atomic E-state index is 12.6. The van der Waals surface area contributed by atoms with Gasteiger partial charge in [0.2, 0.25) is 0 Å². The predicted octanol–water partition coefficient (Wildman–Crippen LogP) is 4.02. The molecule has 2 N–H and O–H groups in total. The molecule has 0 unspecified atom stereocenters. The molecule has 134 valence electrons. The van der Waals surface area contributed by atoms with E-state index < -0.39 is 5.97 Å². The molecule has 0 aliphatic heterocycles. The number of aryl methyl sites for hydroxylation is 1. The molecule has 0 aliphatic carbocycles. The van der Waals surface area contributed by atoms with Crippen molar-refractivity contribution in [3.8, 4) is 22.5 Å². The van der Waals surface area contributed by atoms with Crippen LogP contribution in [0, 0.1) is 6.92 Å². The molecule has 0 atom stereocenters. The Kier molecular flexibility index (Phi) is 4.05. The van der Waals surface area contributed by atoms with Crippen LogP contribution in [0.3, 0.4) is 0 Å². The van der Waals surface area contributed by atoms with Crippen LogP contribution in [0.15, 0.2) is 59.4 Å². The van der Waals surface area contributed by atoms with Gasteiger partial charge in [-0.25, -0.2) is 4.79 Å². The summed E-state index contributed by atoms with van der Waals surface area (Å²) in [6.45, 7) is 1.86. The van der Waals surface area contributed by atoms with E-state index in [4.69, 9.17) is 11.6 Å². The van der Waals surface area contributed by atoms with E-state index >= 15 is 0 Å². The lowest BCUT2D eigenvalue weighted by Crippen LogP contribution is -2.14. The number of hydrogen-bond donors (Lipinski definition) is 2. The van der Waals surface area contributed by atoms with Gasteiger partial charge in [-0.05, 0) is 30.7 Å². The van der Waals surface area contributed by atoms with Gasteiger partial charge < -0.3 is 10.1 Å². The zero-order valence-corrected chi connectivity index (χ0v) is 15.0.